The number of rotatable bonds is 3. The summed E-state index contributed by atoms with van der Waals surface area (Å²) in [5.41, 5.74) is 1.03. The van der Waals surface area contributed by atoms with E-state index in [1.165, 1.54) is 18.2 Å². The zero-order chi connectivity index (χ0) is 15.2. The molecule has 0 atom stereocenters. The van der Waals surface area contributed by atoms with E-state index in [9.17, 15) is 14.0 Å². The van der Waals surface area contributed by atoms with Crippen LogP contribution in [0, 0.1) is 5.82 Å². The molecule has 0 bridgehead atoms. The molecule has 1 aromatic rings. The molecular formula is C15H18FN3O2. The molecule has 0 saturated carbocycles. The molecule has 112 valence electrons. The van der Waals surface area contributed by atoms with Crippen molar-refractivity contribution in [2.45, 2.75) is 13.3 Å². The normalized spacial score (nSPS) is 14.4. The summed E-state index contributed by atoms with van der Waals surface area (Å²) in [6, 6.07) is 5.63. The lowest BCUT2D eigenvalue weighted by Crippen LogP contribution is -2.42. The summed E-state index contributed by atoms with van der Waals surface area (Å²) in [6.07, 6.45) is 2.21. The summed E-state index contributed by atoms with van der Waals surface area (Å²) in [7, 11) is 0. The molecule has 0 aromatic heterocycles. The molecule has 1 aliphatic rings. The third-order valence-electron chi connectivity index (χ3n) is 3.20. The second-order valence-corrected chi connectivity index (χ2v) is 4.73. The molecule has 0 aliphatic carbocycles. The third-order valence-corrected chi connectivity index (χ3v) is 3.20. The fourth-order valence-corrected chi connectivity index (χ4v) is 2.10. The van der Waals surface area contributed by atoms with Crippen LogP contribution in [0.2, 0.25) is 0 Å². The number of halogens is 1. The van der Waals surface area contributed by atoms with E-state index < -0.39 is 5.82 Å². The Morgan fingerprint density at radius 3 is 2.81 bits per heavy atom. The summed E-state index contributed by atoms with van der Waals surface area (Å²) < 4.78 is 13.1. The zero-order valence-electron chi connectivity index (χ0n) is 11.9. The van der Waals surface area contributed by atoms with Crippen molar-refractivity contribution in [3.63, 3.8) is 0 Å². The van der Waals surface area contributed by atoms with Gasteiger partial charge in [-0.15, -0.1) is 0 Å². The second-order valence-electron chi connectivity index (χ2n) is 4.73. The maximum atomic E-state index is 13.1. The van der Waals surface area contributed by atoms with Crippen LogP contribution in [-0.4, -0.2) is 36.5 Å². The highest BCUT2D eigenvalue weighted by Crippen LogP contribution is 2.15. The summed E-state index contributed by atoms with van der Waals surface area (Å²) >= 11 is 0. The van der Waals surface area contributed by atoms with Crippen LogP contribution in [-0.2, 0) is 4.79 Å². The van der Waals surface area contributed by atoms with Crippen molar-refractivity contribution in [1.29, 1.82) is 0 Å². The van der Waals surface area contributed by atoms with Gasteiger partial charge in [0.25, 0.3) is 5.91 Å². The van der Waals surface area contributed by atoms with E-state index in [1.807, 2.05) is 6.92 Å². The standard InChI is InChI=1S/C15H18FN3O2/c1-2-17-15(21)19-8-6-11(7-9-19)14(20)18-13-5-3-4-12(16)10-13/h3-6,10H,2,7-9H2,1H3,(H,17,21)(H,18,20). The van der Waals surface area contributed by atoms with Crippen molar-refractivity contribution >= 4 is 17.6 Å². The molecule has 2 rings (SSSR count). The number of hydrogen-bond acceptors (Lipinski definition) is 2. The van der Waals surface area contributed by atoms with Gasteiger partial charge in [0.1, 0.15) is 5.82 Å². The molecule has 0 saturated heterocycles. The van der Waals surface area contributed by atoms with E-state index in [4.69, 9.17) is 0 Å². The lowest BCUT2D eigenvalue weighted by atomic mass is 10.1. The number of amides is 3. The monoisotopic (exact) mass is 291 g/mol. The van der Waals surface area contributed by atoms with Crippen LogP contribution in [0.3, 0.4) is 0 Å². The highest BCUT2D eigenvalue weighted by atomic mass is 19.1. The van der Waals surface area contributed by atoms with Crippen LogP contribution in [0.5, 0.6) is 0 Å². The number of nitrogens with one attached hydrogen (secondary N) is 2. The Bertz CT molecular complexity index is 572. The summed E-state index contributed by atoms with van der Waals surface area (Å²) in [6.45, 7) is 3.33. The number of benzene rings is 1. The van der Waals surface area contributed by atoms with Gasteiger partial charge in [-0.3, -0.25) is 4.79 Å². The van der Waals surface area contributed by atoms with Gasteiger partial charge in [0, 0.05) is 30.9 Å². The fourth-order valence-electron chi connectivity index (χ4n) is 2.10. The maximum Gasteiger partial charge on any atom is 0.317 e. The van der Waals surface area contributed by atoms with E-state index in [0.29, 0.717) is 37.3 Å². The molecule has 1 aromatic carbocycles. The van der Waals surface area contributed by atoms with Crippen molar-refractivity contribution in [1.82, 2.24) is 10.2 Å². The van der Waals surface area contributed by atoms with Crippen LogP contribution >= 0.6 is 0 Å². The molecule has 0 fully saturated rings. The molecule has 6 heteroatoms. The van der Waals surface area contributed by atoms with Gasteiger partial charge in [0.2, 0.25) is 0 Å². The molecule has 0 radical (unpaired) electrons. The van der Waals surface area contributed by atoms with E-state index in [1.54, 1.807) is 17.0 Å². The third kappa shape index (κ3) is 4.05. The molecule has 1 aliphatic heterocycles. The number of anilines is 1. The molecule has 5 nitrogen and oxygen atoms in total. The Morgan fingerprint density at radius 2 is 2.19 bits per heavy atom. The molecule has 1 heterocycles. The average Bonchev–Trinajstić information content (AvgIpc) is 2.47. The minimum Gasteiger partial charge on any atom is -0.338 e. The Hall–Kier alpha value is -2.37. The number of hydrogen-bond donors (Lipinski definition) is 2. The van der Waals surface area contributed by atoms with Crippen molar-refractivity contribution < 1.29 is 14.0 Å². The van der Waals surface area contributed by atoms with Crippen LogP contribution in [0.1, 0.15) is 13.3 Å². The van der Waals surface area contributed by atoms with Crippen LogP contribution < -0.4 is 10.6 Å². The topological polar surface area (TPSA) is 61.4 Å². The number of urea groups is 1. The van der Waals surface area contributed by atoms with Crippen LogP contribution in [0.4, 0.5) is 14.9 Å². The van der Waals surface area contributed by atoms with E-state index >= 15 is 0 Å². The van der Waals surface area contributed by atoms with Crippen molar-refractivity contribution in [2.75, 3.05) is 25.0 Å². The van der Waals surface area contributed by atoms with Gasteiger partial charge in [-0.25, -0.2) is 9.18 Å². The molecule has 21 heavy (non-hydrogen) atoms. The van der Waals surface area contributed by atoms with Gasteiger partial charge in [0.05, 0.1) is 0 Å². The first-order chi connectivity index (χ1) is 10.1. The van der Waals surface area contributed by atoms with Gasteiger partial charge < -0.3 is 15.5 Å². The number of carbonyl (C=O) groups is 2. The summed E-state index contributed by atoms with van der Waals surface area (Å²) in [4.78, 5) is 25.3. The van der Waals surface area contributed by atoms with E-state index in [-0.39, 0.29) is 11.9 Å². The summed E-state index contributed by atoms with van der Waals surface area (Å²) in [5, 5.41) is 5.38. The predicted molar refractivity (Wildman–Crippen MR) is 78.4 cm³/mol. The van der Waals surface area contributed by atoms with E-state index in [0.717, 1.165) is 0 Å². The quantitative estimate of drug-likeness (QED) is 0.896. The summed E-state index contributed by atoms with van der Waals surface area (Å²) in [5.74, 6) is -0.649. The first-order valence-corrected chi connectivity index (χ1v) is 6.89. The molecule has 3 amide bonds. The first-order valence-electron chi connectivity index (χ1n) is 6.89. The first kappa shape index (κ1) is 15.0. The number of nitrogens with zero attached hydrogens (tertiary/aromatic N) is 1. The predicted octanol–water partition coefficient (Wildman–Crippen LogP) is 2.13. The molecule has 0 unspecified atom stereocenters. The van der Waals surface area contributed by atoms with Crippen molar-refractivity contribution in [2.24, 2.45) is 0 Å². The van der Waals surface area contributed by atoms with Gasteiger partial charge in [-0.1, -0.05) is 12.1 Å². The van der Waals surface area contributed by atoms with Crippen LogP contribution in [0.25, 0.3) is 0 Å². The largest absolute Gasteiger partial charge is 0.338 e. The molecular weight excluding hydrogens is 273 g/mol. The average molecular weight is 291 g/mol. The maximum absolute atomic E-state index is 13.1. The Morgan fingerprint density at radius 1 is 1.38 bits per heavy atom. The minimum atomic E-state index is -0.396. The highest BCUT2D eigenvalue weighted by Gasteiger charge is 2.20. The van der Waals surface area contributed by atoms with Gasteiger partial charge in [-0.2, -0.15) is 0 Å². The Labute approximate surface area is 122 Å². The van der Waals surface area contributed by atoms with Crippen molar-refractivity contribution in [3.8, 4) is 0 Å². The van der Waals surface area contributed by atoms with Gasteiger partial charge in [0.15, 0.2) is 0 Å². The SMILES string of the molecule is CCNC(=O)N1CC=C(C(=O)Nc2cccc(F)c2)CC1. The number of carbonyl (C=O) groups excluding carboxylic acids is 2. The smallest absolute Gasteiger partial charge is 0.317 e. The molecule has 2 N–H and O–H groups in total. The lowest BCUT2D eigenvalue weighted by Gasteiger charge is -2.26. The lowest BCUT2D eigenvalue weighted by molar-refractivity contribution is -0.113. The zero-order valence-corrected chi connectivity index (χ0v) is 11.9. The fraction of sp³-hybridized carbons (Fsp3) is 0.333. The van der Waals surface area contributed by atoms with Crippen LogP contribution in [0.15, 0.2) is 35.9 Å². The van der Waals surface area contributed by atoms with E-state index in [2.05, 4.69) is 10.6 Å². The Balaban J connectivity index is 1.94. The van der Waals surface area contributed by atoms with Gasteiger partial charge >= 0.3 is 6.03 Å². The Kier molecular flexibility index (Phi) is 4.92. The minimum absolute atomic E-state index is 0.127. The second kappa shape index (κ2) is 6.88. The van der Waals surface area contributed by atoms with Crippen molar-refractivity contribution in [3.05, 3.63) is 41.7 Å². The van der Waals surface area contributed by atoms with Gasteiger partial charge in [-0.05, 0) is 31.5 Å². The highest BCUT2D eigenvalue weighted by molar-refractivity contribution is 6.03. The molecule has 0 spiro atoms.